The van der Waals surface area contributed by atoms with Crippen LogP contribution < -0.4 is 5.32 Å². The van der Waals surface area contributed by atoms with Crippen LogP contribution >= 0.6 is 11.6 Å². The third-order valence-corrected chi connectivity index (χ3v) is 8.54. The summed E-state index contributed by atoms with van der Waals surface area (Å²) in [5.41, 5.74) is 1.42. The predicted octanol–water partition coefficient (Wildman–Crippen LogP) is 2.20. The van der Waals surface area contributed by atoms with Crippen LogP contribution in [0, 0.1) is 0 Å². The van der Waals surface area contributed by atoms with E-state index in [1.807, 2.05) is 0 Å². The standard InChI is InChI=1S/C21H26ClN3O5S2/c1-31(27,28)25(15-18-4-8-19(22)9-5-18)16-21(26)23-14-17-6-10-20(11-7-17)32(29,30)24-12-2-3-13-24/h4-11H,2-3,12-16H2,1H3,(H,23,26). The number of carbonyl (C=O) groups is 1. The topological polar surface area (TPSA) is 104 Å². The number of rotatable bonds is 9. The van der Waals surface area contributed by atoms with Crippen LogP contribution in [-0.2, 0) is 37.9 Å². The fourth-order valence-electron chi connectivity index (χ4n) is 3.36. The van der Waals surface area contributed by atoms with Crippen LogP contribution in [0.1, 0.15) is 24.0 Å². The zero-order valence-corrected chi connectivity index (χ0v) is 20.1. The fourth-order valence-corrected chi connectivity index (χ4v) is 5.74. The predicted molar refractivity (Wildman–Crippen MR) is 123 cm³/mol. The van der Waals surface area contributed by atoms with Crippen molar-refractivity contribution in [2.24, 2.45) is 0 Å². The van der Waals surface area contributed by atoms with Gasteiger partial charge in [0.2, 0.25) is 26.0 Å². The lowest BCUT2D eigenvalue weighted by Crippen LogP contribution is -2.39. The van der Waals surface area contributed by atoms with Gasteiger partial charge in [0.15, 0.2) is 0 Å². The molecule has 1 fully saturated rings. The molecule has 11 heteroatoms. The van der Waals surface area contributed by atoms with Gasteiger partial charge in [0.1, 0.15) is 0 Å². The first-order chi connectivity index (χ1) is 15.1. The largest absolute Gasteiger partial charge is 0.351 e. The molecule has 3 rings (SSSR count). The Hall–Kier alpha value is -1.98. The molecule has 174 valence electrons. The Labute approximate surface area is 194 Å². The van der Waals surface area contributed by atoms with Gasteiger partial charge in [-0.05, 0) is 48.2 Å². The number of hydrogen-bond acceptors (Lipinski definition) is 5. The van der Waals surface area contributed by atoms with Crippen molar-refractivity contribution in [1.82, 2.24) is 13.9 Å². The number of carbonyl (C=O) groups excluding carboxylic acids is 1. The normalized spacial score (nSPS) is 15.2. The number of halogens is 1. The maximum absolute atomic E-state index is 12.6. The van der Waals surface area contributed by atoms with Crippen LogP contribution in [-0.4, -0.2) is 57.2 Å². The molecule has 0 bridgehead atoms. The summed E-state index contributed by atoms with van der Waals surface area (Å²) < 4.78 is 51.9. The number of nitrogens with zero attached hydrogens (tertiary/aromatic N) is 2. The number of sulfonamides is 2. The molecule has 0 radical (unpaired) electrons. The van der Waals surface area contributed by atoms with E-state index < -0.39 is 26.0 Å². The number of benzene rings is 2. The molecule has 0 aromatic heterocycles. The molecule has 1 amide bonds. The molecule has 0 atom stereocenters. The van der Waals surface area contributed by atoms with Gasteiger partial charge in [0, 0.05) is 31.2 Å². The van der Waals surface area contributed by atoms with Crippen molar-refractivity contribution in [3.05, 3.63) is 64.7 Å². The highest BCUT2D eigenvalue weighted by atomic mass is 35.5. The summed E-state index contributed by atoms with van der Waals surface area (Å²) in [7, 11) is -7.10. The zero-order chi connectivity index (χ0) is 23.4. The van der Waals surface area contributed by atoms with Gasteiger partial charge < -0.3 is 5.32 Å². The number of amides is 1. The summed E-state index contributed by atoms with van der Waals surface area (Å²) in [4.78, 5) is 12.6. The third kappa shape index (κ3) is 6.52. The zero-order valence-electron chi connectivity index (χ0n) is 17.7. The first-order valence-electron chi connectivity index (χ1n) is 10.1. The van der Waals surface area contributed by atoms with E-state index in [4.69, 9.17) is 11.6 Å². The lowest BCUT2D eigenvalue weighted by Gasteiger charge is -2.20. The molecular weight excluding hydrogens is 474 g/mol. The minimum absolute atomic E-state index is 0.0481. The van der Waals surface area contributed by atoms with Gasteiger partial charge in [0.25, 0.3) is 0 Å². The van der Waals surface area contributed by atoms with E-state index in [2.05, 4.69) is 5.32 Å². The number of nitrogens with one attached hydrogen (secondary N) is 1. The van der Waals surface area contributed by atoms with Crippen LogP contribution in [0.25, 0.3) is 0 Å². The molecule has 0 saturated carbocycles. The molecule has 2 aromatic rings. The van der Waals surface area contributed by atoms with Crippen molar-refractivity contribution in [2.75, 3.05) is 25.9 Å². The fraction of sp³-hybridized carbons (Fsp3) is 0.381. The lowest BCUT2D eigenvalue weighted by molar-refractivity contribution is -0.121. The lowest BCUT2D eigenvalue weighted by atomic mass is 10.2. The van der Waals surface area contributed by atoms with E-state index in [1.165, 1.54) is 16.4 Å². The van der Waals surface area contributed by atoms with E-state index in [9.17, 15) is 21.6 Å². The van der Waals surface area contributed by atoms with Crippen molar-refractivity contribution in [3.63, 3.8) is 0 Å². The monoisotopic (exact) mass is 499 g/mol. The van der Waals surface area contributed by atoms with Crippen molar-refractivity contribution >= 4 is 37.6 Å². The first-order valence-corrected chi connectivity index (χ1v) is 13.8. The van der Waals surface area contributed by atoms with Gasteiger partial charge in [-0.3, -0.25) is 4.79 Å². The Morgan fingerprint density at radius 3 is 2.09 bits per heavy atom. The average molecular weight is 500 g/mol. The van der Waals surface area contributed by atoms with E-state index in [1.54, 1.807) is 36.4 Å². The molecule has 1 N–H and O–H groups in total. The Balaban J connectivity index is 1.58. The SMILES string of the molecule is CS(=O)(=O)N(CC(=O)NCc1ccc(S(=O)(=O)N2CCCC2)cc1)Cc1ccc(Cl)cc1. The highest BCUT2D eigenvalue weighted by Crippen LogP contribution is 2.21. The maximum atomic E-state index is 12.6. The summed E-state index contributed by atoms with van der Waals surface area (Å²) in [6, 6.07) is 13.1. The van der Waals surface area contributed by atoms with Gasteiger partial charge in [-0.15, -0.1) is 0 Å². The molecule has 0 unspecified atom stereocenters. The van der Waals surface area contributed by atoms with Crippen molar-refractivity contribution in [1.29, 1.82) is 0 Å². The van der Waals surface area contributed by atoms with Crippen LogP contribution in [0.4, 0.5) is 0 Å². The molecule has 1 saturated heterocycles. The minimum atomic E-state index is -3.61. The van der Waals surface area contributed by atoms with Gasteiger partial charge >= 0.3 is 0 Å². The quantitative estimate of drug-likeness (QED) is 0.569. The van der Waals surface area contributed by atoms with E-state index in [-0.39, 0.29) is 24.5 Å². The second-order valence-electron chi connectivity index (χ2n) is 7.69. The Morgan fingerprint density at radius 2 is 1.53 bits per heavy atom. The van der Waals surface area contributed by atoms with E-state index in [0.29, 0.717) is 29.2 Å². The number of hydrogen-bond donors (Lipinski definition) is 1. The molecule has 1 heterocycles. The summed E-state index contributed by atoms with van der Waals surface area (Å²) in [5, 5.41) is 3.22. The molecule has 8 nitrogen and oxygen atoms in total. The summed E-state index contributed by atoms with van der Waals surface area (Å²) in [6.07, 6.45) is 2.79. The van der Waals surface area contributed by atoms with Crippen LogP contribution in [0.3, 0.4) is 0 Å². The van der Waals surface area contributed by atoms with Crippen LogP contribution in [0.2, 0.25) is 5.02 Å². The van der Waals surface area contributed by atoms with Crippen LogP contribution in [0.15, 0.2) is 53.4 Å². The van der Waals surface area contributed by atoms with Gasteiger partial charge in [-0.1, -0.05) is 35.9 Å². The second-order valence-corrected chi connectivity index (χ2v) is 12.0. The van der Waals surface area contributed by atoms with Crippen molar-refractivity contribution in [3.8, 4) is 0 Å². The third-order valence-electron chi connectivity index (χ3n) is 5.18. The van der Waals surface area contributed by atoms with Crippen molar-refractivity contribution in [2.45, 2.75) is 30.8 Å². The van der Waals surface area contributed by atoms with Gasteiger partial charge in [-0.2, -0.15) is 8.61 Å². The molecule has 1 aliphatic rings. The van der Waals surface area contributed by atoms with E-state index in [0.717, 1.165) is 23.4 Å². The molecular formula is C21H26ClN3O5S2. The van der Waals surface area contributed by atoms with E-state index >= 15 is 0 Å². The Kier molecular flexibility index (Phi) is 7.94. The second kappa shape index (κ2) is 10.3. The summed E-state index contributed by atoms with van der Waals surface area (Å²) in [6.45, 7) is 0.941. The van der Waals surface area contributed by atoms with Crippen molar-refractivity contribution < 1.29 is 21.6 Å². The highest BCUT2D eigenvalue weighted by molar-refractivity contribution is 7.89. The van der Waals surface area contributed by atoms with Crippen LogP contribution in [0.5, 0.6) is 0 Å². The average Bonchev–Trinajstić information content (AvgIpc) is 3.29. The first kappa shape index (κ1) is 24.7. The molecule has 1 aliphatic heterocycles. The molecule has 32 heavy (non-hydrogen) atoms. The smallest absolute Gasteiger partial charge is 0.243 e. The molecule has 0 spiro atoms. The van der Waals surface area contributed by atoms with Gasteiger partial charge in [0.05, 0.1) is 17.7 Å². The Morgan fingerprint density at radius 1 is 0.969 bits per heavy atom. The Bertz CT molecular complexity index is 1140. The molecule has 0 aliphatic carbocycles. The minimum Gasteiger partial charge on any atom is -0.351 e. The van der Waals surface area contributed by atoms with Gasteiger partial charge in [-0.25, -0.2) is 16.8 Å². The maximum Gasteiger partial charge on any atom is 0.243 e. The highest BCUT2D eigenvalue weighted by Gasteiger charge is 2.27. The summed E-state index contributed by atoms with van der Waals surface area (Å²) in [5.74, 6) is -0.460. The molecule has 2 aromatic carbocycles. The summed E-state index contributed by atoms with van der Waals surface area (Å²) >= 11 is 5.86.